The molecule has 1 N–H and O–H groups in total. The molecule has 0 aliphatic rings. The summed E-state index contributed by atoms with van der Waals surface area (Å²) in [6.07, 6.45) is -4.04. The number of esters is 2. The number of carbonyl (C=O) groups is 2. The molecule has 0 radical (unpaired) electrons. The van der Waals surface area contributed by atoms with E-state index < -0.39 is 18.1 Å². The first kappa shape index (κ1) is 24.3. The van der Waals surface area contributed by atoms with Crippen molar-refractivity contribution in [3.8, 4) is 5.75 Å². The van der Waals surface area contributed by atoms with Gasteiger partial charge in [0.1, 0.15) is 5.75 Å². The minimum Gasteiger partial charge on any atom is -0.493 e. The highest BCUT2D eigenvalue weighted by molar-refractivity contribution is 5.88. The molecule has 0 aromatic heterocycles. The molecule has 0 aliphatic heterocycles. The highest BCUT2D eigenvalue weighted by Crippen LogP contribution is 2.18. The van der Waals surface area contributed by atoms with E-state index >= 15 is 0 Å². The summed E-state index contributed by atoms with van der Waals surface area (Å²) in [5, 5.41) is 5.35. The Balaban J connectivity index is 1.32. The van der Waals surface area contributed by atoms with Crippen LogP contribution in [0.15, 0.2) is 66.7 Å². The SMILES string of the molecule is O=C(CCNCCc1ccc(OCCc2ccc3ccccc3c2)cc1)OC(=O)C(F)(F)F. The van der Waals surface area contributed by atoms with Crippen molar-refractivity contribution in [1.29, 1.82) is 0 Å². The van der Waals surface area contributed by atoms with Crippen LogP contribution in [-0.2, 0) is 27.2 Å². The van der Waals surface area contributed by atoms with E-state index in [0.717, 1.165) is 17.7 Å². The molecular formula is C25H24F3NO4. The van der Waals surface area contributed by atoms with Gasteiger partial charge in [0.05, 0.1) is 13.0 Å². The first-order chi connectivity index (χ1) is 15.8. The predicted octanol–water partition coefficient (Wildman–Crippen LogP) is 4.62. The average molecular weight is 459 g/mol. The van der Waals surface area contributed by atoms with Gasteiger partial charge in [0, 0.05) is 13.0 Å². The van der Waals surface area contributed by atoms with Gasteiger partial charge >= 0.3 is 18.1 Å². The number of alkyl halides is 3. The van der Waals surface area contributed by atoms with Crippen LogP contribution in [0.4, 0.5) is 13.2 Å². The fraction of sp³-hybridized carbons (Fsp3) is 0.280. The van der Waals surface area contributed by atoms with Crippen molar-refractivity contribution < 1.29 is 32.2 Å². The Hall–Kier alpha value is -3.39. The summed E-state index contributed by atoms with van der Waals surface area (Å²) in [6, 6.07) is 22.2. The summed E-state index contributed by atoms with van der Waals surface area (Å²) in [7, 11) is 0. The van der Waals surface area contributed by atoms with Gasteiger partial charge in [-0.3, -0.25) is 4.79 Å². The maximum atomic E-state index is 12.0. The van der Waals surface area contributed by atoms with Gasteiger partial charge in [-0.2, -0.15) is 13.2 Å². The van der Waals surface area contributed by atoms with Gasteiger partial charge in [-0.25, -0.2) is 4.79 Å². The summed E-state index contributed by atoms with van der Waals surface area (Å²) in [5.74, 6) is -2.94. The van der Waals surface area contributed by atoms with E-state index in [4.69, 9.17) is 4.74 Å². The van der Waals surface area contributed by atoms with Gasteiger partial charge in [-0.15, -0.1) is 0 Å². The van der Waals surface area contributed by atoms with Crippen molar-refractivity contribution in [2.45, 2.75) is 25.4 Å². The van der Waals surface area contributed by atoms with Gasteiger partial charge < -0.3 is 14.8 Å². The zero-order chi connectivity index (χ0) is 23.7. The van der Waals surface area contributed by atoms with Crippen LogP contribution >= 0.6 is 0 Å². The molecule has 3 aromatic rings. The molecule has 0 fully saturated rings. The molecule has 33 heavy (non-hydrogen) atoms. The molecule has 0 saturated heterocycles. The molecule has 0 atom stereocenters. The van der Waals surface area contributed by atoms with Crippen LogP contribution in [0.25, 0.3) is 10.8 Å². The van der Waals surface area contributed by atoms with Crippen molar-refractivity contribution in [2.75, 3.05) is 19.7 Å². The summed E-state index contributed by atoms with van der Waals surface area (Å²) in [4.78, 5) is 21.8. The fourth-order valence-corrected chi connectivity index (χ4v) is 3.19. The summed E-state index contributed by atoms with van der Waals surface area (Å²) >= 11 is 0. The molecule has 0 unspecified atom stereocenters. The second-order valence-corrected chi connectivity index (χ2v) is 7.43. The van der Waals surface area contributed by atoms with E-state index in [-0.39, 0.29) is 13.0 Å². The molecule has 0 saturated carbocycles. The van der Waals surface area contributed by atoms with E-state index in [1.165, 1.54) is 16.3 Å². The number of hydrogen-bond donors (Lipinski definition) is 1. The molecule has 3 rings (SSSR count). The van der Waals surface area contributed by atoms with Crippen LogP contribution in [-0.4, -0.2) is 37.8 Å². The number of ether oxygens (including phenoxy) is 2. The molecule has 0 bridgehead atoms. The third-order valence-electron chi connectivity index (χ3n) is 4.93. The largest absolute Gasteiger partial charge is 0.493 e. The molecule has 5 nitrogen and oxygen atoms in total. The number of hydrogen-bond acceptors (Lipinski definition) is 5. The topological polar surface area (TPSA) is 64.6 Å². The van der Waals surface area contributed by atoms with E-state index in [1.54, 1.807) is 0 Å². The lowest BCUT2D eigenvalue weighted by molar-refractivity contribution is -0.201. The zero-order valence-electron chi connectivity index (χ0n) is 17.9. The van der Waals surface area contributed by atoms with Crippen molar-refractivity contribution in [3.63, 3.8) is 0 Å². The summed E-state index contributed by atoms with van der Waals surface area (Å²) in [6.45, 7) is 1.19. The molecule has 0 spiro atoms. The lowest BCUT2D eigenvalue weighted by atomic mass is 10.1. The Morgan fingerprint density at radius 1 is 0.818 bits per heavy atom. The Morgan fingerprint density at radius 2 is 1.52 bits per heavy atom. The normalized spacial score (nSPS) is 11.4. The molecule has 174 valence electrons. The lowest BCUT2D eigenvalue weighted by Gasteiger charge is -2.09. The van der Waals surface area contributed by atoms with Gasteiger partial charge in [0.15, 0.2) is 0 Å². The van der Waals surface area contributed by atoms with Crippen LogP contribution in [0.2, 0.25) is 0 Å². The van der Waals surface area contributed by atoms with Crippen molar-refractivity contribution in [2.24, 2.45) is 0 Å². The van der Waals surface area contributed by atoms with E-state index in [0.29, 0.717) is 19.6 Å². The van der Waals surface area contributed by atoms with Crippen molar-refractivity contribution in [3.05, 3.63) is 77.9 Å². The molecular weight excluding hydrogens is 435 g/mol. The molecule has 0 heterocycles. The third-order valence-corrected chi connectivity index (χ3v) is 4.93. The second-order valence-electron chi connectivity index (χ2n) is 7.43. The predicted molar refractivity (Wildman–Crippen MR) is 118 cm³/mol. The third kappa shape index (κ3) is 7.91. The molecule has 3 aromatic carbocycles. The second kappa shape index (κ2) is 11.5. The number of halogens is 3. The first-order valence-electron chi connectivity index (χ1n) is 10.5. The smallest absolute Gasteiger partial charge is 0.491 e. The van der Waals surface area contributed by atoms with E-state index in [1.807, 2.05) is 36.4 Å². The van der Waals surface area contributed by atoms with Crippen LogP contribution in [0.3, 0.4) is 0 Å². The van der Waals surface area contributed by atoms with Crippen molar-refractivity contribution in [1.82, 2.24) is 5.32 Å². The lowest BCUT2D eigenvalue weighted by Crippen LogP contribution is -2.29. The van der Waals surface area contributed by atoms with Crippen LogP contribution in [0, 0.1) is 0 Å². The maximum Gasteiger partial charge on any atom is 0.491 e. The highest BCUT2D eigenvalue weighted by Gasteiger charge is 2.42. The Bertz CT molecular complexity index is 1080. The Kier molecular flexibility index (Phi) is 8.43. The number of benzene rings is 3. The molecule has 8 heteroatoms. The fourth-order valence-electron chi connectivity index (χ4n) is 3.19. The average Bonchev–Trinajstić information content (AvgIpc) is 2.79. The van der Waals surface area contributed by atoms with E-state index in [9.17, 15) is 22.8 Å². The van der Waals surface area contributed by atoms with Gasteiger partial charge in [0.2, 0.25) is 0 Å². The van der Waals surface area contributed by atoms with Crippen LogP contribution in [0.5, 0.6) is 5.75 Å². The standard InChI is InChI=1S/C25H24F3NO4/c26-25(27,28)24(31)33-23(30)12-15-29-14-11-18-6-9-22(10-7-18)32-16-13-19-5-8-20-3-1-2-4-21(20)17-19/h1-10,17,29H,11-16H2. The number of carbonyl (C=O) groups excluding carboxylic acids is 2. The van der Waals surface area contributed by atoms with Gasteiger partial charge in [0.25, 0.3) is 0 Å². The van der Waals surface area contributed by atoms with Gasteiger partial charge in [-0.1, -0.05) is 54.6 Å². The van der Waals surface area contributed by atoms with Crippen molar-refractivity contribution >= 4 is 22.7 Å². The minimum absolute atomic E-state index is 0.111. The number of rotatable bonds is 10. The minimum atomic E-state index is -5.17. The van der Waals surface area contributed by atoms with E-state index in [2.05, 4.69) is 40.4 Å². The quantitative estimate of drug-likeness (QED) is 0.272. The van der Waals surface area contributed by atoms with Crippen LogP contribution < -0.4 is 10.1 Å². The Labute approximate surface area is 189 Å². The highest BCUT2D eigenvalue weighted by atomic mass is 19.4. The summed E-state index contributed by atoms with van der Waals surface area (Å²) < 4.78 is 45.6. The monoisotopic (exact) mass is 459 g/mol. The first-order valence-corrected chi connectivity index (χ1v) is 10.5. The molecule has 0 amide bonds. The maximum absolute atomic E-state index is 12.0. The van der Waals surface area contributed by atoms with Gasteiger partial charge in [-0.05, 0) is 47.0 Å². The Morgan fingerprint density at radius 3 is 2.24 bits per heavy atom. The molecule has 0 aliphatic carbocycles. The zero-order valence-corrected chi connectivity index (χ0v) is 17.9. The van der Waals surface area contributed by atoms with Crippen LogP contribution in [0.1, 0.15) is 17.5 Å². The number of nitrogens with one attached hydrogen (secondary N) is 1. The number of fused-ring (bicyclic) bond motifs is 1. The summed E-state index contributed by atoms with van der Waals surface area (Å²) in [5.41, 5.74) is 2.25.